The highest BCUT2D eigenvalue weighted by Gasteiger charge is 2.22. The van der Waals surface area contributed by atoms with Gasteiger partial charge in [0.2, 0.25) is 0 Å². The van der Waals surface area contributed by atoms with Gasteiger partial charge in [-0.2, -0.15) is 0 Å². The van der Waals surface area contributed by atoms with E-state index in [1.807, 2.05) is 24.3 Å². The van der Waals surface area contributed by atoms with Crippen LogP contribution < -0.4 is 0 Å². The van der Waals surface area contributed by atoms with Gasteiger partial charge in [0, 0.05) is 29.5 Å². The van der Waals surface area contributed by atoms with Gasteiger partial charge in [-0.05, 0) is 31.4 Å². The maximum atomic E-state index is 12.2. The fraction of sp³-hybridized carbons (Fsp3) is 0.562. The van der Waals surface area contributed by atoms with Crippen molar-refractivity contribution in [1.29, 1.82) is 0 Å². The summed E-state index contributed by atoms with van der Waals surface area (Å²) < 4.78 is 0.908. The van der Waals surface area contributed by atoms with Crippen molar-refractivity contribution in [2.45, 2.75) is 32.6 Å². The van der Waals surface area contributed by atoms with Crippen molar-refractivity contribution in [3.63, 3.8) is 0 Å². The third-order valence-electron chi connectivity index (χ3n) is 3.90. The molecule has 3 heteroatoms. The lowest BCUT2D eigenvalue weighted by Crippen LogP contribution is -2.24. The number of hydrogen-bond acceptors (Lipinski definition) is 2. The molecule has 0 aliphatic carbocycles. The van der Waals surface area contributed by atoms with Crippen molar-refractivity contribution in [3.8, 4) is 0 Å². The predicted molar refractivity (Wildman–Crippen MR) is 82.5 cm³/mol. The van der Waals surface area contributed by atoms with Crippen LogP contribution in [0.3, 0.4) is 0 Å². The topological polar surface area (TPSA) is 20.3 Å². The summed E-state index contributed by atoms with van der Waals surface area (Å²) in [5.74, 6) is 1.09. The van der Waals surface area contributed by atoms with E-state index in [0.29, 0.717) is 6.42 Å². The second kappa shape index (κ2) is 7.20. The lowest BCUT2D eigenvalue weighted by atomic mass is 10.0. The predicted octanol–water partition coefficient (Wildman–Crippen LogP) is 4.14. The molecule has 1 saturated heterocycles. The summed E-state index contributed by atoms with van der Waals surface area (Å²) in [5.41, 5.74) is 0.812. The average Bonchev–Trinajstić information content (AvgIpc) is 2.85. The standard InChI is InChI=1S/C16H22BrNO/c1-2-5-13-8-10-18(12-13)11-9-16(19)14-6-3-4-7-15(14)17/h3-4,6-7,13H,2,5,8-12H2,1H3. The number of hydrogen-bond donors (Lipinski definition) is 0. The normalized spacial score (nSPS) is 19.8. The van der Waals surface area contributed by atoms with E-state index < -0.39 is 0 Å². The second-order valence-electron chi connectivity index (χ2n) is 5.40. The van der Waals surface area contributed by atoms with Gasteiger partial charge in [-0.3, -0.25) is 4.79 Å². The smallest absolute Gasteiger partial charge is 0.165 e. The molecule has 1 atom stereocenters. The van der Waals surface area contributed by atoms with E-state index in [-0.39, 0.29) is 5.78 Å². The van der Waals surface area contributed by atoms with E-state index in [1.54, 1.807) is 0 Å². The molecule has 2 nitrogen and oxygen atoms in total. The molecule has 1 aromatic carbocycles. The molecule has 19 heavy (non-hydrogen) atoms. The van der Waals surface area contributed by atoms with Gasteiger partial charge in [0.1, 0.15) is 0 Å². The summed E-state index contributed by atoms with van der Waals surface area (Å²) in [6.07, 6.45) is 4.53. The quantitative estimate of drug-likeness (QED) is 0.733. The van der Waals surface area contributed by atoms with Gasteiger partial charge >= 0.3 is 0 Å². The van der Waals surface area contributed by atoms with E-state index in [0.717, 1.165) is 29.0 Å². The molecule has 1 heterocycles. The number of Topliss-reactive ketones (excluding diaryl/α,β-unsaturated/α-hetero) is 1. The summed E-state index contributed by atoms with van der Waals surface area (Å²) in [6, 6.07) is 7.69. The Hall–Kier alpha value is -0.670. The Labute approximate surface area is 124 Å². The van der Waals surface area contributed by atoms with E-state index in [9.17, 15) is 4.79 Å². The zero-order valence-electron chi connectivity index (χ0n) is 11.6. The molecule has 1 unspecified atom stereocenters. The van der Waals surface area contributed by atoms with E-state index in [4.69, 9.17) is 0 Å². The Kier molecular flexibility index (Phi) is 5.59. The van der Waals surface area contributed by atoms with E-state index in [1.165, 1.54) is 25.8 Å². The minimum atomic E-state index is 0.242. The molecule has 0 amide bonds. The number of nitrogens with zero attached hydrogens (tertiary/aromatic N) is 1. The van der Waals surface area contributed by atoms with Crippen molar-refractivity contribution in [1.82, 2.24) is 4.90 Å². The molecular formula is C16H22BrNO. The number of ketones is 1. The van der Waals surface area contributed by atoms with Gasteiger partial charge in [-0.1, -0.05) is 47.5 Å². The number of carbonyl (C=O) groups is 1. The lowest BCUT2D eigenvalue weighted by Gasteiger charge is -2.15. The Bertz CT molecular complexity index is 433. The maximum absolute atomic E-state index is 12.2. The molecule has 0 bridgehead atoms. The van der Waals surface area contributed by atoms with E-state index in [2.05, 4.69) is 27.8 Å². The molecule has 0 saturated carbocycles. The molecule has 1 aliphatic rings. The van der Waals surface area contributed by atoms with Crippen molar-refractivity contribution >= 4 is 21.7 Å². The fourth-order valence-electron chi connectivity index (χ4n) is 2.84. The fourth-order valence-corrected chi connectivity index (χ4v) is 3.35. The van der Waals surface area contributed by atoms with Crippen molar-refractivity contribution < 1.29 is 4.79 Å². The minimum absolute atomic E-state index is 0.242. The van der Waals surface area contributed by atoms with Gasteiger partial charge in [0.05, 0.1) is 0 Å². The van der Waals surface area contributed by atoms with Crippen LogP contribution in [0.4, 0.5) is 0 Å². The van der Waals surface area contributed by atoms with Crippen LogP contribution in [0.25, 0.3) is 0 Å². The van der Waals surface area contributed by atoms with Crippen molar-refractivity contribution in [3.05, 3.63) is 34.3 Å². The van der Waals surface area contributed by atoms with E-state index >= 15 is 0 Å². The number of carbonyl (C=O) groups excluding carboxylic acids is 1. The molecule has 0 N–H and O–H groups in total. The maximum Gasteiger partial charge on any atom is 0.165 e. The Balaban J connectivity index is 1.80. The highest BCUT2D eigenvalue weighted by atomic mass is 79.9. The molecule has 2 rings (SSSR count). The van der Waals surface area contributed by atoms with Crippen LogP contribution >= 0.6 is 15.9 Å². The Morgan fingerprint density at radius 3 is 2.95 bits per heavy atom. The first kappa shape index (κ1) is 14.7. The van der Waals surface area contributed by atoms with Gasteiger partial charge < -0.3 is 4.90 Å². The molecule has 1 aromatic rings. The van der Waals surface area contributed by atoms with Crippen LogP contribution in [-0.4, -0.2) is 30.3 Å². The molecule has 0 spiro atoms. The summed E-state index contributed by atoms with van der Waals surface area (Å²) in [5, 5.41) is 0. The monoisotopic (exact) mass is 323 g/mol. The molecule has 104 valence electrons. The zero-order valence-corrected chi connectivity index (χ0v) is 13.2. The first-order valence-electron chi connectivity index (χ1n) is 7.20. The summed E-state index contributed by atoms with van der Waals surface area (Å²) in [7, 11) is 0. The molecule has 1 fully saturated rings. The number of halogens is 1. The van der Waals surface area contributed by atoms with Crippen molar-refractivity contribution in [2.75, 3.05) is 19.6 Å². The Morgan fingerprint density at radius 2 is 2.21 bits per heavy atom. The molecule has 1 aliphatic heterocycles. The van der Waals surface area contributed by atoms with Crippen LogP contribution in [0.2, 0.25) is 0 Å². The molecule has 0 radical (unpaired) electrons. The van der Waals surface area contributed by atoms with Crippen molar-refractivity contribution in [2.24, 2.45) is 5.92 Å². The van der Waals surface area contributed by atoms with Crippen LogP contribution in [0.15, 0.2) is 28.7 Å². The van der Waals surface area contributed by atoms with Gasteiger partial charge in [0.15, 0.2) is 5.78 Å². The average molecular weight is 324 g/mol. The minimum Gasteiger partial charge on any atom is -0.303 e. The third-order valence-corrected chi connectivity index (χ3v) is 4.59. The molecule has 0 aromatic heterocycles. The van der Waals surface area contributed by atoms with Crippen LogP contribution in [-0.2, 0) is 0 Å². The first-order chi connectivity index (χ1) is 9.20. The number of rotatable bonds is 6. The van der Waals surface area contributed by atoms with Crippen LogP contribution in [0.5, 0.6) is 0 Å². The largest absolute Gasteiger partial charge is 0.303 e. The zero-order chi connectivity index (χ0) is 13.7. The highest BCUT2D eigenvalue weighted by Crippen LogP contribution is 2.22. The number of benzene rings is 1. The first-order valence-corrected chi connectivity index (χ1v) is 8.00. The summed E-state index contributed by atoms with van der Waals surface area (Å²) in [4.78, 5) is 14.6. The lowest BCUT2D eigenvalue weighted by molar-refractivity contribution is 0.0967. The third kappa shape index (κ3) is 4.15. The SMILES string of the molecule is CCCC1CCN(CCC(=O)c2ccccc2Br)C1. The highest BCUT2D eigenvalue weighted by molar-refractivity contribution is 9.10. The van der Waals surface area contributed by atoms with Gasteiger partial charge in [-0.25, -0.2) is 0 Å². The second-order valence-corrected chi connectivity index (χ2v) is 6.25. The van der Waals surface area contributed by atoms with Crippen LogP contribution in [0, 0.1) is 5.92 Å². The van der Waals surface area contributed by atoms with Gasteiger partial charge in [-0.15, -0.1) is 0 Å². The molecular weight excluding hydrogens is 302 g/mol. The summed E-state index contributed by atoms with van der Waals surface area (Å²) in [6.45, 7) is 5.49. The van der Waals surface area contributed by atoms with Gasteiger partial charge in [0.25, 0.3) is 0 Å². The van der Waals surface area contributed by atoms with Crippen LogP contribution in [0.1, 0.15) is 43.0 Å². The Morgan fingerprint density at radius 1 is 1.42 bits per heavy atom. The number of likely N-dealkylation sites (tertiary alicyclic amines) is 1. The summed E-state index contributed by atoms with van der Waals surface area (Å²) >= 11 is 3.45.